The van der Waals surface area contributed by atoms with Crippen molar-refractivity contribution in [2.24, 2.45) is 22.6 Å². The number of nitrogens with one attached hydrogen (secondary N) is 2. The Labute approximate surface area is 179 Å². The van der Waals surface area contributed by atoms with Crippen LogP contribution in [-0.4, -0.2) is 19.0 Å². The first-order valence-electron chi connectivity index (χ1n) is 11.1. The third-order valence-electron chi connectivity index (χ3n) is 6.11. The van der Waals surface area contributed by atoms with Crippen LogP contribution in [0.15, 0.2) is 77.8 Å². The highest BCUT2D eigenvalue weighted by Crippen LogP contribution is 2.27. The van der Waals surface area contributed by atoms with E-state index in [1.165, 1.54) is 42.0 Å². The second-order valence-electron chi connectivity index (χ2n) is 8.31. The van der Waals surface area contributed by atoms with Gasteiger partial charge in [-0.2, -0.15) is 0 Å². The van der Waals surface area contributed by atoms with Crippen molar-refractivity contribution in [2.45, 2.75) is 32.2 Å². The molecule has 1 saturated carbocycles. The lowest BCUT2D eigenvalue weighted by Gasteiger charge is -2.29. The number of nitrogens with two attached hydrogens (primary N) is 1. The van der Waals surface area contributed by atoms with Crippen molar-refractivity contribution in [3.8, 4) is 0 Å². The van der Waals surface area contributed by atoms with Gasteiger partial charge in [0.1, 0.15) is 0 Å². The first-order chi connectivity index (χ1) is 14.8. The molecule has 4 nitrogen and oxygen atoms in total. The molecule has 2 unspecified atom stereocenters. The predicted octanol–water partition coefficient (Wildman–Crippen LogP) is 5.16. The zero-order valence-electron chi connectivity index (χ0n) is 17.6. The molecular weight excluding hydrogens is 368 g/mol. The summed E-state index contributed by atoms with van der Waals surface area (Å²) in [5.74, 6) is 2.17. The van der Waals surface area contributed by atoms with Crippen LogP contribution in [0, 0.1) is 11.8 Å². The van der Waals surface area contributed by atoms with Gasteiger partial charge in [-0.05, 0) is 66.1 Å². The standard InChI is InChI=1S/C26H32N4/c27-17-20-8-6-9-21(16-20)18-28-26(30-24-13-2-1-3-14-24)29-19-23-12-7-11-22-10-4-5-15-25(22)23/h1-5,7,10-15,20-21H,6,8-9,16-19,27H2,(H2,28,29,30). The van der Waals surface area contributed by atoms with Gasteiger partial charge in [0.15, 0.2) is 5.96 Å². The number of nitrogens with zero attached hydrogens (tertiary/aromatic N) is 1. The van der Waals surface area contributed by atoms with Crippen LogP contribution < -0.4 is 16.4 Å². The Morgan fingerprint density at radius 2 is 1.67 bits per heavy atom. The van der Waals surface area contributed by atoms with Gasteiger partial charge in [-0.1, -0.05) is 67.1 Å². The van der Waals surface area contributed by atoms with Crippen molar-refractivity contribution in [3.05, 3.63) is 78.4 Å². The van der Waals surface area contributed by atoms with Crippen molar-refractivity contribution in [3.63, 3.8) is 0 Å². The zero-order chi connectivity index (χ0) is 20.6. The molecule has 0 amide bonds. The van der Waals surface area contributed by atoms with E-state index in [0.717, 1.165) is 24.7 Å². The summed E-state index contributed by atoms with van der Waals surface area (Å²) in [5.41, 5.74) is 8.21. The number of para-hydroxylation sites is 1. The van der Waals surface area contributed by atoms with Gasteiger partial charge in [0, 0.05) is 12.2 Å². The maximum atomic E-state index is 5.92. The lowest BCUT2D eigenvalue weighted by molar-refractivity contribution is 0.272. The van der Waals surface area contributed by atoms with Gasteiger partial charge in [-0.3, -0.25) is 0 Å². The van der Waals surface area contributed by atoms with Gasteiger partial charge in [0.2, 0.25) is 0 Å². The molecule has 0 aromatic heterocycles. The van der Waals surface area contributed by atoms with Crippen LogP contribution in [0.5, 0.6) is 0 Å². The molecule has 1 fully saturated rings. The maximum Gasteiger partial charge on any atom is 0.196 e. The monoisotopic (exact) mass is 400 g/mol. The van der Waals surface area contributed by atoms with Crippen molar-refractivity contribution >= 4 is 22.4 Å². The van der Waals surface area contributed by atoms with E-state index in [4.69, 9.17) is 10.7 Å². The average molecular weight is 401 g/mol. The molecule has 156 valence electrons. The number of rotatable bonds is 6. The van der Waals surface area contributed by atoms with Gasteiger partial charge < -0.3 is 16.4 Å². The number of anilines is 1. The van der Waals surface area contributed by atoms with E-state index >= 15 is 0 Å². The van der Waals surface area contributed by atoms with Crippen LogP contribution in [0.3, 0.4) is 0 Å². The number of hydrogen-bond acceptors (Lipinski definition) is 2. The Balaban J connectivity index is 1.49. The van der Waals surface area contributed by atoms with Crippen LogP contribution in [0.25, 0.3) is 10.8 Å². The Hall–Kier alpha value is -2.85. The van der Waals surface area contributed by atoms with Gasteiger partial charge >= 0.3 is 0 Å². The van der Waals surface area contributed by atoms with Crippen LogP contribution >= 0.6 is 0 Å². The average Bonchev–Trinajstić information content (AvgIpc) is 2.81. The number of hydrogen-bond donors (Lipinski definition) is 3. The molecule has 1 aliphatic rings. The SMILES string of the molecule is NCC1CCCC(CNC(=NCc2cccc3ccccc23)Nc2ccccc2)C1. The first-order valence-corrected chi connectivity index (χ1v) is 11.1. The van der Waals surface area contributed by atoms with Gasteiger partial charge in [0.05, 0.1) is 6.54 Å². The minimum atomic E-state index is 0.639. The van der Waals surface area contributed by atoms with Gasteiger partial charge in [-0.25, -0.2) is 4.99 Å². The number of benzene rings is 3. The molecule has 0 saturated heterocycles. The van der Waals surface area contributed by atoms with E-state index in [1.54, 1.807) is 0 Å². The summed E-state index contributed by atoms with van der Waals surface area (Å²) in [6.45, 7) is 2.38. The molecule has 0 spiro atoms. The fourth-order valence-corrected chi connectivity index (χ4v) is 4.44. The van der Waals surface area contributed by atoms with Gasteiger partial charge in [0.25, 0.3) is 0 Å². The molecule has 4 N–H and O–H groups in total. The molecule has 2 atom stereocenters. The number of aliphatic imine (C=N–C) groups is 1. The van der Waals surface area contributed by atoms with Crippen LogP contribution in [0.2, 0.25) is 0 Å². The molecule has 3 aromatic rings. The Kier molecular flexibility index (Phi) is 6.99. The minimum absolute atomic E-state index is 0.639. The summed E-state index contributed by atoms with van der Waals surface area (Å²) in [6.07, 6.45) is 5.04. The largest absolute Gasteiger partial charge is 0.356 e. The minimum Gasteiger partial charge on any atom is -0.356 e. The molecule has 0 heterocycles. The van der Waals surface area contributed by atoms with E-state index in [2.05, 4.69) is 65.2 Å². The molecule has 4 rings (SSSR count). The van der Waals surface area contributed by atoms with Crippen molar-refractivity contribution in [1.29, 1.82) is 0 Å². The molecular formula is C26H32N4. The van der Waals surface area contributed by atoms with E-state index in [1.807, 2.05) is 18.2 Å². The molecule has 0 radical (unpaired) electrons. The summed E-state index contributed by atoms with van der Waals surface area (Å²) in [7, 11) is 0. The van der Waals surface area contributed by atoms with Crippen molar-refractivity contribution < 1.29 is 0 Å². The topological polar surface area (TPSA) is 62.4 Å². The highest BCUT2D eigenvalue weighted by Gasteiger charge is 2.21. The molecule has 30 heavy (non-hydrogen) atoms. The Morgan fingerprint density at radius 1 is 0.900 bits per heavy atom. The van der Waals surface area contributed by atoms with Gasteiger partial charge in [-0.15, -0.1) is 0 Å². The van der Waals surface area contributed by atoms with E-state index in [-0.39, 0.29) is 0 Å². The number of guanidine groups is 1. The zero-order valence-corrected chi connectivity index (χ0v) is 17.6. The van der Waals surface area contributed by atoms with E-state index in [9.17, 15) is 0 Å². The molecule has 4 heteroatoms. The summed E-state index contributed by atoms with van der Waals surface area (Å²) >= 11 is 0. The quantitative estimate of drug-likeness (QED) is 0.395. The van der Waals surface area contributed by atoms with E-state index in [0.29, 0.717) is 18.4 Å². The highest BCUT2D eigenvalue weighted by atomic mass is 15.2. The van der Waals surface area contributed by atoms with Crippen molar-refractivity contribution in [2.75, 3.05) is 18.4 Å². The molecule has 3 aromatic carbocycles. The molecule has 1 aliphatic carbocycles. The fourth-order valence-electron chi connectivity index (χ4n) is 4.44. The van der Waals surface area contributed by atoms with Crippen LogP contribution in [0.1, 0.15) is 31.2 Å². The third kappa shape index (κ3) is 5.39. The molecule has 0 bridgehead atoms. The maximum absolute atomic E-state index is 5.92. The van der Waals surface area contributed by atoms with Crippen LogP contribution in [-0.2, 0) is 6.54 Å². The second-order valence-corrected chi connectivity index (χ2v) is 8.31. The third-order valence-corrected chi connectivity index (χ3v) is 6.11. The van der Waals surface area contributed by atoms with Crippen molar-refractivity contribution in [1.82, 2.24) is 5.32 Å². The molecule has 0 aliphatic heterocycles. The second kappa shape index (κ2) is 10.3. The van der Waals surface area contributed by atoms with Crippen LogP contribution in [0.4, 0.5) is 5.69 Å². The summed E-state index contributed by atoms with van der Waals surface area (Å²) in [6, 6.07) is 25.2. The number of fused-ring (bicyclic) bond motifs is 1. The highest BCUT2D eigenvalue weighted by molar-refractivity contribution is 5.94. The van der Waals surface area contributed by atoms with E-state index < -0.39 is 0 Å². The smallest absolute Gasteiger partial charge is 0.196 e. The lowest BCUT2D eigenvalue weighted by atomic mass is 9.81. The summed E-state index contributed by atoms with van der Waals surface area (Å²) in [4.78, 5) is 4.93. The Bertz CT molecular complexity index is 962. The predicted molar refractivity (Wildman–Crippen MR) is 128 cm³/mol. The normalized spacial score (nSPS) is 19.6. The Morgan fingerprint density at radius 3 is 2.53 bits per heavy atom. The lowest BCUT2D eigenvalue weighted by Crippen LogP contribution is -2.37. The summed E-state index contributed by atoms with van der Waals surface area (Å²) < 4.78 is 0. The fraction of sp³-hybridized carbons (Fsp3) is 0.346. The first kappa shape index (κ1) is 20.4. The summed E-state index contributed by atoms with van der Waals surface area (Å²) in [5, 5.41) is 9.60.